The molecule has 0 amide bonds. The first-order valence-electron chi connectivity index (χ1n) is 2.87. The second-order valence-corrected chi connectivity index (χ2v) is 4.01. The molecule has 0 saturated carbocycles. The maximum atomic E-state index is 3.82. The zero-order chi connectivity index (χ0) is 8.69. The molecule has 0 atom stereocenters. The van der Waals surface area contributed by atoms with Crippen LogP contribution >= 0.6 is 31.9 Å². The lowest BCUT2D eigenvalue weighted by molar-refractivity contribution is 1.20. The Hall–Kier alpha value is -0.180. The van der Waals surface area contributed by atoms with Gasteiger partial charge in [-0.05, 0) is 0 Å². The second-order valence-electron chi connectivity index (χ2n) is 1.77. The second kappa shape index (κ2) is 6.53. The Morgan fingerprint density at radius 3 is 1.73 bits per heavy atom. The van der Waals surface area contributed by atoms with Crippen LogP contribution in [0.25, 0.3) is 0 Å². The lowest BCUT2D eigenvalue weighted by Gasteiger charge is -1.83. The predicted octanol–water partition coefficient (Wildman–Crippen LogP) is 2.98. The third-order valence-corrected chi connectivity index (χ3v) is 1.14. The van der Waals surface area contributed by atoms with Crippen molar-refractivity contribution in [2.75, 3.05) is 13.1 Å². The summed E-state index contributed by atoms with van der Waals surface area (Å²) >= 11 is 6.32. The van der Waals surface area contributed by atoms with Crippen LogP contribution < -0.4 is 0 Å². The van der Waals surface area contributed by atoms with Crippen molar-refractivity contribution in [3.05, 3.63) is 22.1 Å². The molecule has 0 rings (SSSR count). The fourth-order valence-corrected chi connectivity index (χ4v) is 0.543. The molecular weight excluding hydrogens is 272 g/mol. The number of nitrogens with zero attached hydrogens (tertiary/aromatic N) is 2. The van der Waals surface area contributed by atoms with E-state index in [1.54, 1.807) is 0 Å². The standard InChI is InChI=1S/C7H8Br2N2/c1-6(8)3-10-5-11-4-7(2)9/h1-4H2. The van der Waals surface area contributed by atoms with Crippen molar-refractivity contribution in [1.82, 2.24) is 0 Å². The van der Waals surface area contributed by atoms with Gasteiger partial charge in [-0.1, -0.05) is 45.0 Å². The fourth-order valence-electron chi connectivity index (χ4n) is 0.292. The molecule has 0 aliphatic heterocycles. The zero-order valence-electron chi connectivity index (χ0n) is 5.98. The topological polar surface area (TPSA) is 24.7 Å². The average molecular weight is 280 g/mol. The maximum Gasteiger partial charge on any atom is 0.0899 e. The summed E-state index contributed by atoms with van der Waals surface area (Å²) < 4.78 is 1.63. The summed E-state index contributed by atoms with van der Waals surface area (Å²) in [5, 5.41) is 0. The summed E-state index contributed by atoms with van der Waals surface area (Å²) in [6, 6.07) is 2.52. The van der Waals surface area contributed by atoms with Crippen LogP contribution in [0.5, 0.6) is 0 Å². The van der Waals surface area contributed by atoms with Gasteiger partial charge in [-0.15, -0.1) is 0 Å². The molecule has 0 fully saturated rings. The Bertz CT molecular complexity index is 194. The Balaban J connectivity index is 3.64. The lowest BCUT2D eigenvalue weighted by Crippen LogP contribution is -1.77. The van der Waals surface area contributed by atoms with E-state index >= 15 is 0 Å². The van der Waals surface area contributed by atoms with Crippen molar-refractivity contribution in [3.8, 4) is 0 Å². The van der Waals surface area contributed by atoms with Crippen molar-refractivity contribution < 1.29 is 0 Å². The molecule has 0 spiro atoms. The highest BCUT2D eigenvalue weighted by Gasteiger charge is 1.80. The molecule has 0 aromatic rings. The van der Waals surface area contributed by atoms with E-state index in [2.05, 4.69) is 61.0 Å². The van der Waals surface area contributed by atoms with Crippen LogP contribution in [0.3, 0.4) is 0 Å². The van der Waals surface area contributed by atoms with Gasteiger partial charge >= 0.3 is 0 Å². The molecule has 60 valence electrons. The summed E-state index contributed by atoms with van der Waals surface area (Å²) in [4.78, 5) is 7.64. The van der Waals surface area contributed by atoms with Gasteiger partial charge < -0.3 is 0 Å². The highest BCUT2D eigenvalue weighted by Crippen LogP contribution is 2.00. The molecule has 0 radical (unpaired) electrons. The minimum atomic E-state index is 0.512. The van der Waals surface area contributed by atoms with E-state index in [0.717, 1.165) is 8.96 Å². The van der Waals surface area contributed by atoms with E-state index < -0.39 is 0 Å². The molecule has 0 aromatic heterocycles. The molecule has 0 unspecified atom stereocenters. The van der Waals surface area contributed by atoms with Gasteiger partial charge in [0.15, 0.2) is 0 Å². The number of halogens is 2. The average Bonchev–Trinajstić information content (AvgIpc) is 1.85. The number of rotatable bonds is 4. The number of hydrogen-bond acceptors (Lipinski definition) is 2. The molecule has 0 aliphatic carbocycles. The summed E-state index contributed by atoms with van der Waals surface area (Å²) in [7, 11) is 0. The SMILES string of the molecule is C=C(Br)CN=C=NCC(=C)Br. The summed E-state index contributed by atoms with van der Waals surface area (Å²) in [6.07, 6.45) is 0. The van der Waals surface area contributed by atoms with Gasteiger partial charge in [0.25, 0.3) is 0 Å². The van der Waals surface area contributed by atoms with Crippen molar-refractivity contribution in [3.63, 3.8) is 0 Å². The van der Waals surface area contributed by atoms with Gasteiger partial charge in [-0.2, -0.15) is 0 Å². The summed E-state index contributed by atoms with van der Waals surface area (Å²) in [6.45, 7) is 8.23. The molecule has 0 aliphatic rings. The van der Waals surface area contributed by atoms with Gasteiger partial charge in [-0.25, -0.2) is 9.98 Å². The molecule has 0 N–H and O–H groups in total. The molecule has 0 saturated heterocycles. The largest absolute Gasteiger partial charge is 0.220 e. The van der Waals surface area contributed by atoms with Crippen LogP contribution in [0.4, 0.5) is 0 Å². The molecule has 0 heterocycles. The summed E-state index contributed by atoms with van der Waals surface area (Å²) in [5.41, 5.74) is 0. The molecule has 11 heavy (non-hydrogen) atoms. The van der Waals surface area contributed by atoms with Crippen molar-refractivity contribution >= 4 is 37.9 Å². The third-order valence-electron chi connectivity index (χ3n) is 0.643. The van der Waals surface area contributed by atoms with Gasteiger partial charge in [0.2, 0.25) is 0 Å². The highest BCUT2D eigenvalue weighted by atomic mass is 79.9. The Labute approximate surface area is 83.1 Å². The van der Waals surface area contributed by atoms with E-state index in [0.29, 0.717) is 13.1 Å². The Kier molecular flexibility index (Phi) is 6.42. The Morgan fingerprint density at radius 2 is 1.45 bits per heavy atom. The molecule has 0 bridgehead atoms. The van der Waals surface area contributed by atoms with Crippen molar-refractivity contribution in [1.29, 1.82) is 0 Å². The highest BCUT2D eigenvalue weighted by molar-refractivity contribution is 9.12. The monoisotopic (exact) mass is 278 g/mol. The summed E-state index contributed by atoms with van der Waals surface area (Å²) in [5.74, 6) is 0. The number of aliphatic imine (C=N–C) groups is 2. The first-order chi connectivity index (χ1) is 5.13. The number of hydrogen-bond donors (Lipinski definition) is 0. The normalized spacial score (nSPS) is 8.18. The maximum absolute atomic E-state index is 3.82. The van der Waals surface area contributed by atoms with Crippen LogP contribution in [0.15, 0.2) is 32.1 Å². The van der Waals surface area contributed by atoms with Crippen LogP contribution in [-0.2, 0) is 0 Å². The van der Waals surface area contributed by atoms with E-state index in [1.165, 1.54) is 0 Å². The molecule has 2 nitrogen and oxygen atoms in total. The van der Waals surface area contributed by atoms with Crippen LogP contribution in [0.1, 0.15) is 0 Å². The van der Waals surface area contributed by atoms with Crippen LogP contribution in [0, 0.1) is 0 Å². The minimum absolute atomic E-state index is 0.512. The first kappa shape index (κ1) is 10.8. The van der Waals surface area contributed by atoms with Gasteiger partial charge in [0.05, 0.1) is 19.1 Å². The van der Waals surface area contributed by atoms with Crippen LogP contribution in [0.2, 0.25) is 0 Å². The molecular formula is C7H8Br2N2. The van der Waals surface area contributed by atoms with Crippen molar-refractivity contribution in [2.45, 2.75) is 0 Å². The van der Waals surface area contributed by atoms with Crippen molar-refractivity contribution in [2.24, 2.45) is 9.98 Å². The minimum Gasteiger partial charge on any atom is -0.220 e. The lowest BCUT2D eigenvalue weighted by atomic mass is 10.6. The smallest absolute Gasteiger partial charge is 0.0899 e. The van der Waals surface area contributed by atoms with Gasteiger partial charge in [0.1, 0.15) is 0 Å². The van der Waals surface area contributed by atoms with Gasteiger partial charge in [-0.3, -0.25) is 0 Å². The predicted molar refractivity (Wildman–Crippen MR) is 55.7 cm³/mol. The fraction of sp³-hybridized carbons (Fsp3) is 0.286. The van der Waals surface area contributed by atoms with Crippen LogP contribution in [-0.4, -0.2) is 19.1 Å². The third kappa shape index (κ3) is 9.82. The Morgan fingerprint density at radius 1 is 1.09 bits per heavy atom. The zero-order valence-corrected chi connectivity index (χ0v) is 9.15. The van der Waals surface area contributed by atoms with Gasteiger partial charge in [0, 0.05) is 8.96 Å². The van der Waals surface area contributed by atoms with E-state index in [-0.39, 0.29) is 0 Å². The first-order valence-corrected chi connectivity index (χ1v) is 4.46. The molecule has 0 aromatic carbocycles. The quantitative estimate of drug-likeness (QED) is 0.707. The van der Waals surface area contributed by atoms with E-state index in [9.17, 15) is 0 Å². The van der Waals surface area contributed by atoms with E-state index in [1.807, 2.05) is 0 Å². The van der Waals surface area contributed by atoms with E-state index in [4.69, 9.17) is 0 Å². The molecule has 4 heteroatoms.